The first-order chi connectivity index (χ1) is 7.70. The molecule has 0 aliphatic carbocycles. The predicted octanol–water partition coefficient (Wildman–Crippen LogP) is -0.297. The monoisotopic (exact) mass is 232 g/mol. The molecule has 5 nitrogen and oxygen atoms in total. The Kier molecular flexibility index (Phi) is 11.1. The van der Waals surface area contributed by atoms with Gasteiger partial charge in [-0.2, -0.15) is 0 Å². The molecule has 0 amide bonds. The molecule has 0 aromatic heterocycles. The highest BCUT2D eigenvalue weighted by molar-refractivity contribution is 4.59. The highest BCUT2D eigenvalue weighted by Gasteiger charge is 2.06. The van der Waals surface area contributed by atoms with Crippen molar-refractivity contribution in [2.45, 2.75) is 33.1 Å². The van der Waals surface area contributed by atoms with Gasteiger partial charge in [0.1, 0.15) is 6.23 Å². The Balaban J connectivity index is 3.32. The Morgan fingerprint density at radius 2 is 1.81 bits per heavy atom. The van der Waals surface area contributed by atoms with Crippen LogP contribution in [0.5, 0.6) is 0 Å². The third kappa shape index (κ3) is 10.3. The first-order valence-corrected chi connectivity index (χ1v) is 6.15. The fourth-order valence-corrected chi connectivity index (χ4v) is 1.35. The molecule has 0 unspecified atom stereocenters. The summed E-state index contributed by atoms with van der Waals surface area (Å²) < 4.78 is 5.72. The average Bonchev–Trinajstić information content (AvgIpc) is 2.26. The lowest BCUT2D eigenvalue weighted by molar-refractivity contribution is -0.00965. The van der Waals surface area contributed by atoms with E-state index in [0.717, 1.165) is 32.8 Å². The van der Waals surface area contributed by atoms with E-state index in [9.17, 15) is 0 Å². The Bertz CT molecular complexity index is 146. The third-order valence-electron chi connectivity index (χ3n) is 2.16. The molecule has 0 aromatic rings. The van der Waals surface area contributed by atoms with Crippen molar-refractivity contribution in [2.24, 2.45) is 0 Å². The first-order valence-electron chi connectivity index (χ1n) is 6.15. The zero-order valence-electron chi connectivity index (χ0n) is 11.1. The van der Waals surface area contributed by atoms with Crippen molar-refractivity contribution in [1.29, 1.82) is 0 Å². The third-order valence-corrected chi connectivity index (χ3v) is 2.16. The lowest BCUT2D eigenvalue weighted by atomic mass is 10.4. The zero-order chi connectivity index (χ0) is 12.2. The Morgan fingerprint density at radius 3 is 2.44 bits per heavy atom. The van der Waals surface area contributed by atoms with Crippen LogP contribution in [0.15, 0.2) is 0 Å². The first kappa shape index (κ1) is 15.8. The molecule has 5 heteroatoms. The zero-order valence-corrected chi connectivity index (χ0v) is 11.1. The molecule has 0 aliphatic rings. The molecule has 0 aliphatic heterocycles. The largest absolute Gasteiger partial charge is 0.359 e. The summed E-state index contributed by atoms with van der Waals surface area (Å²) in [4.78, 5) is 0. The topological polar surface area (TPSA) is 57.4 Å². The maximum absolute atomic E-state index is 5.72. The van der Waals surface area contributed by atoms with E-state index in [4.69, 9.17) is 4.74 Å². The van der Waals surface area contributed by atoms with Crippen LogP contribution in [-0.2, 0) is 4.74 Å². The highest BCUT2D eigenvalue weighted by atomic mass is 16.5. The molecule has 0 rings (SSSR count). The molecule has 0 spiro atoms. The normalized spacial score (nSPS) is 15.0. The van der Waals surface area contributed by atoms with Crippen LogP contribution >= 0.6 is 0 Å². The summed E-state index contributed by atoms with van der Waals surface area (Å²) in [5.41, 5.74) is 0. The van der Waals surface area contributed by atoms with Gasteiger partial charge in [0.25, 0.3) is 0 Å². The Labute approximate surface area is 99.7 Å². The van der Waals surface area contributed by atoms with Gasteiger partial charge in [-0.05, 0) is 27.4 Å². The lowest BCUT2D eigenvalue weighted by Crippen LogP contribution is -2.40. The number of hydrogen-bond donors (Lipinski definition) is 4. The van der Waals surface area contributed by atoms with Gasteiger partial charge in [-0.1, -0.05) is 6.92 Å². The quantitative estimate of drug-likeness (QED) is 0.291. The van der Waals surface area contributed by atoms with E-state index < -0.39 is 0 Å². The van der Waals surface area contributed by atoms with Crippen molar-refractivity contribution >= 4 is 0 Å². The van der Waals surface area contributed by atoms with E-state index in [1.54, 1.807) is 0 Å². The summed E-state index contributed by atoms with van der Waals surface area (Å²) >= 11 is 0. The van der Waals surface area contributed by atoms with Crippen LogP contribution in [-0.4, -0.2) is 52.2 Å². The van der Waals surface area contributed by atoms with Gasteiger partial charge in [0.15, 0.2) is 0 Å². The van der Waals surface area contributed by atoms with Crippen molar-refractivity contribution in [3.63, 3.8) is 0 Å². The SMILES string of the molecule is CCNCCNC[C@H](C)O[C@H](C)NCNC. The number of nitrogens with one attached hydrogen (secondary N) is 4. The molecule has 0 fully saturated rings. The van der Waals surface area contributed by atoms with Crippen LogP contribution in [0.1, 0.15) is 20.8 Å². The Morgan fingerprint density at radius 1 is 1.12 bits per heavy atom. The van der Waals surface area contributed by atoms with Crippen molar-refractivity contribution in [1.82, 2.24) is 21.3 Å². The van der Waals surface area contributed by atoms with E-state index in [0.29, 0.717) is 0 Å². The molecule has 0 aromatic carbocycles. The van der Waals surface area contributed by atoms with E-state index in [1.807, 2.05) is 14.0 Å². The van der Waals surface area contributed by atoms with Crippen LogP contribution < -0.4 is 21.3 Å². The van der Waals surface area contributed by atoms with E-state index in [-0.39, 0.29) is 12.3 Å². The standard InChI is InChI=1S/C11H28N4O/c1-5-13-6-7-14-8-10(2)16-11(3)15-9-12-4/h10-15H,5-9H2,1-4H3/t10-,11+/m0/s1. The lowest BCUT2D eigenvalue weighted by Gasteiger charge is -2.20. The summed E-state index contributed by atoms with van der Waals surface area (Å²) in [5, 5.41) is 12.8. The second-order valence-electron chi connectivity index (χ2n) is 3.88. The van der Waals surface area contributed by atoms with Crippen molar-refractivity contribution in [2.75, 3.05) is 39.9 Å². The molecule has 0 saturated carbocycles. The molecule has 0 heterocycles. The van der Waals surface area contributed by atoms with Gasteiger partial charge < -0.3 is 20.7 Å². The highest BCUT2D eigenvalue weighted by Crippen LogP contribution is 1.93. The second kappa shape index (κ2) is 11.3. The summed E-state index contributed by atoms with van der Waals surface area (Å²) in [5.74, 6) is 0. The summed E-state index contributed by atoms with van der Waals surface area (Å²) in [6, 6.07) is 0. The fourth-order valence-electron chi connectivity index (χ4n) is 1.35. The minimum absolute atomic E-state index is 0.0815. The molecule has 0 bridgehead atoms. The predicted molar refractivity (Wildman–Crippen MR) is 68.5 cm³/mol. The van der Waals surface area contributed by atoms with Gasteiger partial charge in [0.2, 0.25) is 0 Å². The summed E-state index contributed by atoms with van der Waals surface area (Å²) in [6.45, 7) is 10.9. The van der Waals surface area contributed by atoms with Crippen LogP contribution in [0.2, 0.25) is 0 Å². The van der Waals surface area contributed by atoms with Gasteiger partial charge in [-0.25, -0.2) is 0 Å². The molecular formula is C11H28N4O. The average molecular weight is 232 g/mol. The summed E-state index contributed by atoms with van der Waals surface area (Å²) in [6.07, 6.45) is 0.305. The maximum atomic E-state index is 5.72. The molecule has 4 N–H and O–H groups in total. The molecule has 0 saturated heterocycles. The smallest absolute Gasteiger partial charge is 0.106 e. The molecule has 0 radical (unpaired) electrons. The minimum Gasteiger partial charge on any atom is -0.359 e. The van der Waals surface area contributed by atoms with Crippen LogP contribution in [0.4, 0.5) is 0 Å². The van der Waals surface area contributed by atoms with Gasteiger partial charge in [-0.3, -0.25) is 5.32 Å². The number of ether oxygens (including phenoxy) is 1. The molecule has 98 valence electrons. The van der Waals surface area contributed by atoms with Crippen LogP contribution in [0.3, 0.4) is 0 Å². The van der Waals surface area contributed by atoms with E-state index in [1.165, 1.54) is 0 Å². The van der Waals surface area contributed by atoms with Crippen LogP contribution in [0, 0.1) is 0 Å². The van der Waals surface area contributed by atoms with Gasteiger partial charge in [0, 0.05) is 26.3 Å². The van der Waals surface area contributed by atoms with Crippen molar-refractivity contribution in [3.05, 3.63) is 0 Å². The van der Waals surface area contributed by atoms with Gasteiger partial charge >= 0.3 is 0 Å². The number of hydrogen-bond acceptors (Lipinski definition) is 5. The van der Waals surface area contributed by atoms with Crippen molar-refractivity contribution < 1.29 is 4.74 Å². The summed E-state index contributed by atoms with van der Waals surface area (Å²) in [7, 11) is 1.91. The minimum atomic E-state index is 0.0815. The molecule has 16 heavy (non-hydrogen) atoms. The Hall–Kier alpha value is -0.200. The number of rotatable bonds is 11. The van der Waals surface area contributed by atoms with Gasteiger partial charge in [-0.15, -0.1) is 0 Å². The molecule has 2 atom stereocenters. The molecular weight excluding hydrogens is 204 g/mol. The maximum Gasteiger partial charge on any atom is 0.106 e. The van der Waals surface area contributed by atoms with E-state index in [2.05, 4.69) is 35.1 Å². The van der Waals surface area contributed by atoms with Crippen molar-refractivity contribution in [3.8, 4) is 0 Å². The van der Waals surface area contributed by atoms with Gasteiger partial charge in [0.05, 0.1) is 6.10 Å². The van der Waals surface area contributed by atoms with E-state index >= 15 is 0 Å². The fraction of sp³-hybridized carbons (Fsp3) is 1.00. The second-order valence-corrected chi connectivity index (χ2v) is 3.88. The number of likely N-dealkylation sites (N-methyl/N-ethyl adjacent to an activating group) is 1. The van der Waals surface area contributed by atoms with Crippen LogP contribution in [0.25, 0.3) is 0 Å².